The van der Waals surface area contributed by atoms with E-state index in [1.165, 1.54) is 9.30 Å². The van der Waals surface area contributed by atoms with Crippen LogP contribution in [0.4, 0.5) is 5.69 Å². The van der Waals surface area contributed by atoms with E-state index < -0.39 is 5.69 Å². The molecule has 0 atom stereocenters. The maximum atomic E-state index is 12.9. The van der Waals surface area contributed by atoms with Crippen LogP contribution in [-0.2, 0) is 11.3 Å². The maximum Gasteiger partial charge on any atom is 0.350 e. The highest BCUT2D eigenvalue weighted by Gasteiger charge is 2.20. The number of amides is 1. The Balaban J connectivity index is 1.47. The molecule has 0 aliphatic carbocycles. The van der Waals surface area contributed by atoms with Gasteiger partial charge in [-0.3, -0.25) is 4.79 Å². The van der Waals surface area contributed by atoms with Crippen molar-refractivity contribution >= 4 is 28.8 Å². The lowest BCUT2D eigenvalue weighted by atomic mass is 10.1. The molecule has 0 fully saturated rings. The Morgan fingerprint density at radius 3 is 2.68 bits per heavy atom. The molecule has 0 aliphatic rings. The Morgan fingerprint density at radius 1 is 1.12 bits per heavy atom. The average Bonchev–Trinajstić information content (AvgIpc) is 3.44. The molecule has 0 saturated carbocycles. The summed E-state index contributed by atoms with van der Waals surface area (Å²) in [4.78, 5) is 31.7. The molecule has 0 N–H and O–H groups in total. The molecule has 3 heterocycles. The summed E-state index contributed by atoms with van der Waals surface area (Å²) in [5.41, 5.74) is 2.89. The Bertz CT molecular complexity index is 1570. The number of aromatic nitrogens is 5. The third-order valence-electron chi connectivity index (χ3n) is 5.43. The summed E-state index contributed by atoms with van der Waals surface area (Å²) in [6.45, 7) is 1.75. The Kier molecular flexibility index (Phi) is 5.46. The lowest BCUT2D eigenvalue weighted by Crippen LogP contribution is -2.34. The Labute approximate surface area is 198 Å². The number of benzene rings is 2. The molecule has 0 unspecified atom stereocenters. The van der Waals surface area contributed by atoms with E-state index in [0.717, 1.165) is 15.8 Å². The van der Waals surface area contributed by atoms with Crippen LogP contribution in [0.25, 0.3) is 28.5 Å². The number of halogens is 1. The normalized spacial score (nSPS) is 11.1. The minimum Gasteiger partial charge on any atom is -0.333 e. The number of anilines is 1. The molecule has 0 aliphatic heterocycles. The van der Waals surface area contributed by atoms with E-state index in [1.807, 2.05) is 31.2 Å². The number of rotatable bonds is 5. The third-order valence-corrected chi connectivity index (χ3v) is 5.67. The van der Waals surface area contributed by atoms with Crippen molar-refractivity contribution in [2.75, 3.05) is 11.9 Å². The minimum atomic E-state index is -0.456. The van der Waals surface area contributed by atoms with Crippen molar-refractivity contribution in [1.29, 1.82) is 0 Å². The highest BCUT2D eigenvalue weighted by Crippen LogP contribution is 2.25. The van der Waals surface area contributed by atoms with E-state index in [-0.39, 0.29) is 18.3 Å². The molecule has 0 spiro atoms. The standard InChI is InChI=1S/C24H19ClN6O3/c1-15-8-10-16(11-9-15)21-26-23(34-28-21)19-7-4-12-30-22(19)27-31(24(30)33)14-20(32)29(2)18-6-3-5-17(25)13-18/h3-13H,14H2,1-2H3. The fraction of sp³-hybridized carbons (Fsp3) is 0.125. The van der Waals surface area contributed by atoms with E-state index in [2.05, 4.69) is 15.2 Å². The van der Waals surface area contributed by atoms with Gasteiger partial charge in [-0.25, -0.2) is 13.9 Å². The quantitative estimate of drug-likeness (QED) is 0.384. The molecule has 5 aromatic rings. The summed E-state index contributed by atoms with van der Waals surface area (Å²) >= 11 is 6.03. The van der Waals surface area contributed by atoms with Crippen LogP contribution in [-0.4, -0.2) is 37.3 Å². The number of carbonyl (C=O) groups is 1. The summed E-state index contributed by atoms with van der Waals surface area (Å²) in [7, 11) is 1.62. The number of nitrogens with zero attached hydrogens (tertiary/aromatic N) is 6. The molecule has 9 nitrogen and oxygen atoms in total. The zero-order valence-electron chi connectivity index (χ0n) is 18.3. The van der Waals surface area contributed by atoms with Crippen molar-refractivity contribution < 1.29 is 9.32 Å². The van der Waals surface area contributed by atoms with Crippen LogP contribution < -0.4 is 10.6 Å². The van der Waals surface area contributed by atoms with Crippen molar-refractivity contribution in [1.82, 2.24) is 24.3 Å². The molecule has 10 heteroatoms. The van der Waals surface area contributed by atoms with Crippen LogP contribution in [0.15, 0.2) is 76.2 Å². The smallest absolute Gasteiger partial charge is 0.333 e. The van der Waals surface area contributed by atoms with Gasteiger partial charge >= 0.3 is 5.69 Å². The molecule has 34 heavy (non-hydrogen) atoms. The molecular formula is C24H19ClN6O3. The Hall–Kier alpha value is -4.24. The highest BCUT2D eigenvalue weighted by molar-refractivity contribution is 6.30. The van der Waals surface area contributed by atoms with E-state index in [4.69, 9.17) is 16.1 Å². The van der Waals surface area contributed by atoms with Gasteiger partial charge in [-0.05, 0) is 37.3 Å². The molecule has 2 aromatic carbocycles. The van der Waals surface area contributed by atoms with E-state index in [9.17, 15) is 9.59 Å². The van der Waals surface area contributed by atoms with Gasteiger partial charge in [-0.2, -0.15) is 4.98 Å². The summed E-state index contributed by atoms with van der Waals surface area (Å²) in [5, 5.41) is 8.95. The van der Waals surface area contributed by atoms with Crippen LogP contribution in [0.3, 0.4) is 0 Å². The zero-order valence-corrected chi connectivity index (χ0v) is 19.1. The first-order valence-corrected chi connectivity index (χ1v) is 10.8. The largest absolute Gasteiger partial charge is 0.350 e. The first-order chi connectivity index (χ1) is 16.4. The van der Waals surface area contributed by atoms with E-state index >= 15 is 0 Å². The van der Waals surface area contributed by atoms with Crippen LogP contribution in [0, 0.1) is 6.92 Å². The fourth-order valence-corrected chi connectivity index (χ4v) is 3.71. The lowest BCUT2D eigenvalue weighted by molar-refractivity contribution is -0.119. The van der Waals surface area contributed by atoms with Crippen LogP contribution in [0.5, 0.6) is 0 Å². The number of hydrogen-bond acceptors (Lipinski definition) is 6. The van der Waals surface area contributed by atoms with Gasteiger partial charge in [0.15, 0.2) is 5.65 Å². The second-order valence-electron chi connectivity index (χ2n) is 7.78. The first kappa shape index (κ1) is 21.6. The van der Waals surface area contributed by atoms with Crippen LogP contribution >= 0.6 is 11.6 Å². The predicted octanol–water partition coefficient (Wildman–Crippen LogP) is 3.84. The van der Waals surface area contributed by atoms with Gasteiger partial charge in [-0.1, -0.05) is 52.7 Å². The molecule has 3 aromatic heterocycles. The topological polar surface area (TPSA) is 98.5 Å². The SMILES string of the molecule is Cc1ccc(-c2noc(-c3cccn4c(=O)n(CC(=O)N(C)c5cccc(Cl)c5)nc34)n2)cc1. The average molecular weight is 475 g/mol. The summed E-state index contributed by atoms with van der Waals surface area (Å²) < 4.78 is 7.92. The number of pyridine rings is 1. The second kappa shape index (κ2) is 8.60. The number of likely N-dealkylation sites (N-methyl/N-ethyl adjacent to an activating group) is 1. The van der Waals surface area contributed by atoms with Gasteiger partial charge in [0, 0.05) is 29.5 Å². The monoisotopic (exact) mass is 474 g/mol. The summed E-state index contributed by atoms with van der Waals surface area (Å²) in [5.74, 6) is 0.326. The van der Waals surface area contributed by atoms with Crippen molar-refractivity contribution in [2.45, 2.75) is 13.5 Å². The van der Waals surface area contributed by atoms with Crippen molar-refractivity contribution in [3.8, 4) is 22.8 Å². The van der Waals surface area contributed by atoms with Crippen LogP contribution in [0.2, 0.25) is 5.02 Å². The molecule has 0 radical (unpaired) electrons. The van der Waals surface area contributed by atoms with E-state index in [0.29, 0.717) is 27.7 Å². The molecule has 1 amide bonds. The highest BCUT2D eigenvalue weighted by atomic mass is 35.5. The van der Waals surface area contributed by atoms with Crippen molar-refractivity contribution in [3.05, 3.63) is 87.9 Å². The van der Waals surface area contributed by atoms with Gasteiger partial charge in [0.1, 0.15) is 6.54 Å². The Morgan fingerprint density at radius 2 is 1.91 bits per heavy atom. The predicted molar refractivity (Wildman–Crippen MR) is 128 cm³/mol. The summed E-state index contributed by atoms with van der Waals surface area (Å²) in [6, 6.07) is 18.1. The number of fused-ring (bicyclic) bond motifs is 1. The van der Waals surface area contributed by atoms with Gasteiger partial charge in [0.2, 0.25) is 11.7 Å². The number of hydrogen-bond donors (Lipinski definition) is 0. The molecule has 5 rings (SSSR count). The van der Waals surface area contributed by atoms with Crippen LogP contribution in [0.1, 0.15) is 5.56 Å². The molecule has 0 bridgehead atoms. The third kappa shape index (κ3) is 3.97. The zero-order chi connectivity index (χ0) is 23.8. The molecule has 170 valence electrons. The number of carbonyl (C=O) groups excluding carboxylic acids is 1. The van der Waals surface area contributed by atoms with Gasteiger partial charge in [0.05, 0.1) is 5.56 Å². The van der Waals surface area contributed by atoms with Gasteiger partial charge < -0.3 is 9.42 Å². The molecular weight excluding hydrogens is 456 g/mol. The molecule has 0 saturated heterocycles. The van der Waals surface area contributed by atoms with Gasteiger partial charge in [-0.15, -0.1) is 5.10 Å². The summed E-state index contributed by atoms with van der Waals surface area (Å²) in [6.07, 6.45) is 1.58. The van der Waals surface area contributed by atoms with Crippen molar-refractivity contribution in [3.63, 3.8) is 0 Å². The number of aryl methyl sites for hydroxylation is 1. The fourth-order valence-electron chi connectivity index (χ4n) is 3.52. The lowest BCUT2D eigenvalue weighted by Gasteiger charge is -2.17. The minimum absolute atomic E-state index is 0.223. The van der Waals surface area contributed by atoms with Gasteiger partial charge in [0.25, 0.3) is 5.89 Å². The van der Waals surface area contributed by atoms with E-state index in [1.54, 1.807) is 49.6 Å². The first-order valence-electron chi connectivity index (χ1n) is 10.4. The second-order valence-corrected chi connectivity index (χ2v) is 8.21. The maximum absolute atomic E-state index is 12.9. The van der Waals surface area contributed by atoms with Crippen molar-refractivity contribution in [2.24, 2.45) is 0 Å².